The molecule has 2 aromatic rings. The van der Waals surface area contributed by atoms with Crippen LogP contribution >= 0.6 is 11.6 Å². The standard InChI is InChI=1S/C15H19ClN4O2/c1-11-4-5-12(10-13(11)16)19(2)15(21)17-14-6-7-20(18-14)8-9-22-3/h4-7,10H,8-9H2,1-3H3,(H,17,18,21). The molecule has 1 aromatic heterocycles. The van der Waals surface area contributed by atoms with E-state index >= 15 is 0 Å². The number of carbonyl (C=O) groups is 1. The number of methoxy groups -OCH3 is 1. The molecule has 0 aliphatic rings. The lowest BCUT2D eigenvalue weighted by molar-refractivity contribution is 0.183. The molecule has 0 aliphatic carbocycles. The molecule has 1 aromatic carbocycles. The quantitative estimate of drug-likeness (QED) is 0.920. The molecule has 1 heterocycles. The molecular weight excluding hydrogens is 304 g/mol. The van der Waals surface area contributed by atoms with Crippen LogP contribution in [0.1, 0.15) is 5.56 Å². The third-order valence-electron chi connectivity index (χ3n) is 3.25. The summed E-state index contributed by atoms with van der Waals surface area (Å²) in [6, 6.07) is 6.94. The average molecular weight is 323 g/mol. The lowest BCUT2D eigenvalue weighted by atomic mass is 10.2. The van der Waals surface area contributed by atoms with Gasteiger partial charge in [0, 0.05) is 37.1 Å². The summed E-state index contributed by atoms with van der Waals surface area (Å²) in [5, 5.41) is 7.62. The molecule has 0 saturated carbocycles. The van der Waals surface area contributed by atoms with Crippen molar-refractivity contribution in [2.24, 2.45) is 0 Å². The van der Waals surface area contributed by atoms with Gasteiger partial charge >= 0.3 is 6.03 Å². The largest absolute Gasteiger partial charge is 0.383 e. The maximum atomic E-state index is 12.2. The number of benzene rings is 1. The highest BCUT2D eigenvalue weighted by molar-refractivity contribution is 6.31. The zero-order valence-corrected chi connectivity index (χ0v) is 13.6. The normalized spacial score (nSPS) is 10.5. The van der Waals surface area contributed by atoms with E-state index in [1.165, 1.54) is 4.90 Å². The molecule has 1 N–H and O–H groups in total. The van der Waals surface area contributed by atoms with Crippen LogP contribution in [0, 0.1) is 6.92 Å². The average Bonchev–Trinajstić information content (AvgIpc) is 2.94. The number of ether oxygens (including phenoxy) is 1. The minimum absolute atomic E-state index is 0.281. The second-order valence-corrected chi connectivity index (χ2v) is 5.29. The molecule has 0 saturated heterocycles. The van der Waals surface area contributed by atoms with E-state index in [1.54, 1.807) is 37.2 Å². The number of hydrogen-bond donors (Lipinski definition) is 1. The monoisotopic (exact) mass is 322 g/mol. The molecule has 0 unspecified atom stereocenters. The first-order valence-electron chi connectivity index (χ1n) is 6.84. The Bertz CT molecular complexity index is 657. The van der Waals surface area contributed by atoms with Crippen LogP contribution in [0.15, 0.2) is 30.5 Å². The number of anilines is 2. The van der Waals surface area contributed by atoms with Crippen molar-refractivity contribution in [1.29, 1.82) is 0 Å². The second kappa shape index (κ2) is 7.29. The van der Waals surface area contributed by atoms with Crippen LogP contribution in [0.2, 0.25) is 5.02 Å². The van der Waals surface area contributed by atoms with Crippen molar-refractivity contribution in [2.45, 2.75) is 13.5 Å². The Morgan fingerprint density at radius 3 is 2.91 bits per heavy atom. The van der Waals surface area contributed by atoms with Gasteiger partial charge in [0.1, 0.15) is 0 Å². The first-order valence-corrected chi connectivity index (χ1v) is 7.22. The molecule has 7 heteroatoms. The third kappa shape index (κ3) is 3.99. The number of halogens is 1. The number of aryl methyl sites for hydroxylation is 1. The number of carbonyl (C=O) groups excluding carboxylic acids is 1. The topological polar surface area (TPSA) is 59.4 Å². The van der Waals surface area contributed by atoms with E-state index in [2.05, 4.69) is 10.4 Å². The van der Waals surface area contributed by atoms with Gasteiger partial charge in [-0.25, -0.2) is 4.79 Å². The fraction of sp³-hybridized carbons (Fsp3) is 0.333. The van der Waals surface area contributed by atoms with Crippen LogP contribution in [0.5, 0.6) is 0 Å². The number of nitrogens with one attached hydrogen (secondary N) is 1. The minimum atomic E-state index is -0.281. The van der Waals surface area contributed by atoms with Gasteiger partial charge in [-0.1, -0.05) is 17.7 Å². The maximum absolute atomic E-state index is 12.2. The van der Waals surface area contributed by atoms with Gasteiger partial charge < -0.3 is 4.74 Å². The predicted octanol–water partition coefficient (Wildman–Crippen LogP) is 3.16. The van der Waals surface area contributed by atoms with E-state index in [4.69, 9.17) is 16.3 Å². The fourth-order valence-corrected chi connectivity index (χ4v) is 2.01. The number of aromatic nitrogens is 2. The van der Waals surface area contributed by atoms with Crippen molar-refractivity contribution in [3.8, 4) is 0 Å². The lowest BCUT2D eigenvalue weighted by Crippen LogP contribution is -2.31. The van der Waals surface area contributed by atoms with Crippen LogP contribution in [-0.2, 0) is 11.3 Å². The molecule has 2 amide bonds. The van der Waals surface area contributed by atoms with Crippen molar-refractivity contribution >= 4 is 29.1 Å². The van der Waals surface area contributed by atoms with Crippen LogP contribution in [0.3, 0.4) is 0 Å². The number of nitrogens with zero attached hydrogens (tertiary/aromatic N) is 3. The van der Waals surface area contributed by atoms with E-state index in [0.29, 0.717) is 29.7 Å². The zero-order valence-electron chi connectivity index (χ0n) is 12.8. The molecular formula is C15H19ClN4O2. The van der Waals surface area contributed by atoms with E-state index in [1.807, 2.05) is 19.1 Å². The second-order valence-electron chi connectivity index (χ2n) is 4.88. The van der Waals surface area contributed by atoms with Gasteiger partial charge in [0.25, 0.3) is 0 Å². The SMILES string of the molecule is COCCn1ccc(NC(=O)N(C)c2ccc(C)c(Cl)c2)n1. The smallest absolute Gasteiger partial charge is 0.327 e. The van der Waals surface area contributed by atoms with Crippen LogP contribution in [-0.4, -0.2) is 36.6 Å². The van der Waals surface area contributed by atoms with Crippen LogP contribution < -0.4 is 10.2 Å². The first kappa shape index (κ1) is 16.3. The third-order valence-corrected chi connectivity index (χ3v) is 3.65. The van der Waals surface area contributed by atoms with Gasteiger partial charge in [0.2, 0.25) is 0 Å². The summed E-state index contributed by atoms with van der Waals surface area (Å²) in [5.41, 5.74) is 1.68. The van der Waals surface area contributed by atoms with Crippen LogP contribution in [0.4, 0.5) is 16.3 Å². The zero-order chi connectivity index (χ0) is 16.1. The van der Waals surface area contributed by atoms with Gasteiger partial charge in [0.05, 0.1) is 13.2 Å². The first-order chi connectivity index (χ1) is 10.5. The molecule has 6 nitrogen and oxygen atoms in total. The van der Waals surface area contributed by atoms with E-state index in [-0.39, 0.29) is 6.03 Å². The minimum Gasteiger partial charge on any atom is -0.383 e. The van der Waals surface area contributed by atoms with Gasteiger partial charge in [0.15, 0.2) is 5.82 Å². The molecule has 22 heavy (non-hydrogen) atoms. The Labute approximate surface area is 134 Å². The van der Waals surface area contributed by atoms with Crippen molar-refractivity contribution in [3.05, 3.63) is 41.0 Å². The molecule has 0 bridgehead atoms. The molecule has 0 aliphatic heterocycles. The number of amides is 2. The molecule has 2 rings (SSSR count). The van der Waals surface area contributed by atoms with E-state index in [9.17, 15) is 4.79 Å². The summed E-state index contributed by atoms with van der Waals surface area (Å²) in [5.74, 6) is 0.492. The van der Waals surface area contributed by atoms with Gasteiger partial charge in [-0.15, -0.1) is 0 Å². The van der Waals surface area contributed by atoms with Gasteiger partial charge in [-0.3, -0.25) is 14.9 Å². The van der Waals surface area contributed by atoms with Gasteiger partial charge in [-0.2, -0.15) is 5.10 Å². The van der Waals surface area contributed by atoms with Crippen molar-refractivity contribution < 1.29 is 9.53 Å². The molecule has 0 fully saturated rings. The number of hydrogen-bond acceptors (Lipinski definition) is 3. The molecule has 0 atom stereocenters. The van der Waals surface area contributed by atoms with Crippen molar-refractivity contribution in [3.63, 3.8) is 0 Å². The Hall–Kier alpha value is -2.05. The Morgan fingerprint density at radius 1 is 1.45 bits per heavy atom. The molecule has 118 valence electrons. The number of urea groups is 1. The highest BCUT2D eigenvalue weighted by Gasteiger charge is 2.13. The Morgan fingerprint density at radius 2 is 2.23 bits per heavy atom. The molecule has 0 radical (unpaired) electrons. The predicted molar refractivity (Wildman–Crippen MR) is 87.7 cm³/mol. The van der Waals surface area contributed by atoms with Crippen molar-refractivity contribution in [1.82, 2.24) is 9.78 Å². The maximum Gasteiger partial charge on any atom is 0.327 e. The van der Waals surface area contributed by atoms with Crippen molar-refractivity contribution in [2.75, 3.05) is 31.0 Å². The summed E-state index contributed by atoms with van der Waals surface area (Å²) in [4.78, 5) is 13.7. The highest BCUT2D eigenvalue weighted by atomic mass is 35.5. The van der Waals surface area contributed by atoms with E-state index in [0.717, 1.165) is 5.56 Å². The van der Waals surface area contributed by atoms with Crippen LogP contribution in [0.25, 0.3) is 0 Å². The Kier molecular flexibility index (Phi) is 5.41. The summed E-state index contributed by atoms with van der Waals surface area (Å²) in [7, 11) is 3.31. The number of rotatable bonds is 5. The van der Waals surface area contributed by atoms with Gasteiger partial charge in [-0.05, 0) is 24.6 Å². The molecule has 0 spiro atoms. The lowest BCUT2D eigenvalue weighted by Gasteiger charge is -2.18. The van der Waals surface area contributed by atoms with E-state index < -0.39 is 0 Å². The Balaban J connectivity index is 2.01. The highest BCUT2D eigenvalue weighted by Crippen LogP contribution is 2.22. The fourth-order valence-electron chi connectivity index (χ4n) is 1.84. The summed E-state index contributed by atoms with van der Waals surface area (Å²) < 4.78 is 6.69. The summed E-state index contributed by atoms with van der Waals surface area (Å²) in [6.07, 6.45) is 1.79. The summed E-state index contributed by atoms with van der Waals surface area (Å²) in [6.45, 7) is 3.12. The summed E-state index contributed by atoms with van der Waals surface area (Å²) >= 11 is 6.09.